The van der Waals surface area contributed by atoms with E-state index < -0.39 is 12.0 Å². The average Bonchev–Trinajstić information content (AvgIpc) is 2.22. The van der Waals surface area contributed by atoms with Gasteiger partial charge >= 0.3 is 0 Å². The molecule has 0 radical (unpaired) electrons. The highest BCUT2D eigenvalue weighted by Gasteiger charge is 2.09. The van der Waals surface area contributed by atoms with Gasteiger partial charge in [0, 0.05) is 13.5 Å². The summed E-state index contributed by atoms with van der Waals surface area (Å²) in [6, 6.07) is 0. The predicted molar refractivity (Wildman–Crippen MR) is 53.1 cm³/mol. The third-order valence-electron chi connectivity index (χ3n) is 1.74. The summed E-state index contributed by atoms with van der Waals surface area (Å²) in [6.45, 7) is 0.854. The Bertz CT molecular complexity index is 165. The van der Waals surface area contributed by atoms with Crippen LogP contribution < -0.4 is 5.73 Å². The standard InChI is InChI=1S/C9H19NO5/c1-13-4-5-14-7-15-8(6-11)2-3-9(10)12/h8,11H,2-7H2,1H3,(H2,10,12)/t8-/m0/s1. The predicted octanol–water partition coefficient (Wildman–Crippen LogP) is -0.750. The highest BCUT2D eigenvalue weighted by Crippen LogP contribution is 2.01. The summed E-state index contributed by atoms with van der Waals surface area (Å²) in [4.78, 5) is 10.5. The van der Waals surface area contributed by atoms with Gasteiger partial charge in [-0.15, -0.1) is 0 Å². The summed E-state index contributed by atoms with van der Waals surface area (Å²) in [7, 11) is 1.58. The van der Waals surface area contributed by atoms with E-state index in [9.17, 15) is 4.79 Å². The molecule has 1 amide bonds. The van der Waals surface area contributed by atoms with Gasteiger partial charge in [0.1, 0.15) is 6.79 Å². The van der Waals surface area contributed by atoms with E-state index in [1.165, 1.54) is 0 Å². The van der Waals surface area contributed by atoms with E-state index >= 15 is 0 Å². The van der Waals surface area contributed by atoms with E-state index in [-0.39, 0.29) is 19.8 Å². The second-order valence-corrected chi connectivity index (χ2v) is 3.00. The minimum absolute atomic E-state index is 0.0767. The molecule has 6 heteroatoms. The fourth-order valence-electron chi connectivity index (χ4n) is 0.876. The van der Waals surface area contributed by atoms with Crippen molar-refractivity contribution >= 4 is 5.91 Å². The van der Waals surface area contributed by atoms with Crippen LogP contribution in [0.1, 0.15) is 12.8 Å². The Hall–Kier alpha value is -0.690. The topological polar surface area (TPSA) is 91.0 Å². The number of carbonyl (C=O) groups is 1. The summed E-state index contributed by atoms with van der Waals surface area (Å²) >= 11 is 0. The van der Waals surface area contributed by atoms with Crippen LogP contribution in [0, 0.1) is 0 Å². The third-order valence-corrected chi connectivity index (χ3v) is 1.74. The maximum atomic E-state index is 10.5. The first-order valence-corrected chi connectivity index (χ1v) is 4.78. The highest BCUT2D eigenvalue weighted by atomic mass is 16.7. The maximum absolute atomic E-state index is 10.5. The van der Waals surface area contributed by atoms with Gasteiger partial charge in [-0.2, -0.15) is 0 Å². The average molecular weight is 221 g/mol. The Balaban J connectivity index is 3.40. The number of aliphatic hydroxyl groups is 1. The molecule has 0 heterocycles. The summed E-state index contributed by atoms with van der Waals surface area (Å²) in [6.07, 6.45) is 0.197. The van der Waals surface area contributed by atoms with E-state index in [0.29, 0.717) is 19.6 Å². The van der Waals surface area contributed by atoms with Crippen molar-refractivity contribution in [2.75, 3.05) is 33.7 Å². The normalized spacial score (nSPS) is 12.7. The van der Waals surface area contributed by atoms with E-state index in [1.807, 2.05) is 0 Å². The Labute approximate surface area is 89.3 Å². The van der Waals surface area contributed by atoms with Crippen LogP contribution in [0.15, 0.2) is 0 Å². The summed E-state index contributed by atoms with van der Waals surface area (Å²) < 4.78 is 15.0. The van der Waals surface area contributed by atoms with Crippen LogP contribution >= 0.6 is 0 Å². The van der Waals surface area contributed by atoms with Gasteiger partial charge < -0.3 is 25.1 Å². The SMILES string of the molecule is COCCOCO[C@H](CO)CCC(N)=O. The number of hydrogen-bond acceptors (Lipinski definition) is 5. The van der Waals surface area contributed by atoms with Crippen molar-refractivity contribution in [3.63, 3.8) is 0 Å². The second kappa shape index (κ2) is 9.85. The minimum atomic E-state index is -0.405. The molecule has 0 unspecified atom stereocenters. The molecule has 0 aliphatic heterocycles. The van der Waals surface area contributed by atoms with Crippen LogP contribution in [0.5, 0.6) is 0 Å². The number of hydrogen-bond donors (Lipinski definition) is 2. The largest absolute Gasteiger partial charge is 0.394 e. The lowest BCUT2D eigenvalue weighted by atomic mass is 10.2. The maximum Gasteiger partial charge on any atom is 0.217 e. The molecule has 0 saturated carbocycles. The molecule has 0 aliphatic carbocycles. The number of aliphatic hydroxyl groups excluding tert-OH is 1. The fourth-order valence-corrected chi connectivity index (χ4v) is 0.876. The molecule has 0 rings (SSSR count). The second-order valence-electron chi connectivity index (χ2n) is 3.00. The van der Waals surface area contributed by atoms with Crippen molar-refractivity contribution in [2.45, 2.75) is 18.9 Å². The molecule has 0 aliphatic rings. The van der Waals surface area contributed by atoms with Crippen LogP contribution in [0.3, 0.4) is 0 Å². The first-order chi connectivity index (χ1) is 7.20. The van der Waals surface area contributed by atoms with Crippen molar-refractivity contribution in [2.24, 2.45) is 5.73 Å². The first kappa shape index (κ1) is 14.3. The number of methoxy groups -OCH3 is 1. The van der Waals surface area contributed by atoms with Gasteiger partial charge in [-0.1, -0.05) is 0 Å². The van der Waals surface area contributed by atoms with Crippen molar-refractivity contribution in [3.05, 3.63) is 0 Å². The molecule has 90 valence electrons. The Morgan fingerprint density at radius 3 is 2.73 bits per heavy atom. The van der Waals surface area contributed by atoms with Gasteiger partial charge in [0.15, 0.2) is 0 Å². The monoisotopic (exact) mass is 221 g/mol. The van der Waals surface area contributed by atoms with Crippen molar-refractivity contribution in [1.82, 2.24) is 0 Å². The molecule has 0 aromatic carbocycles. The quantitative estimate of drug-likeness (QED) is 0.374. The Kier molecular flexibility index (Phi) is 9.40. The zero-order valence-electron chi connectivity index (χ0n) is 8.98. The van der Waals surface area contributed by atoms with Crippen LogP contribution in [0.2, 0.25) is 0 Å². The van der Waals surface area contributed by atoms with Gasteiger partial charge in [0.2, 0.25) is 5.91 Å². The fraction of sp³-hybridized carbons (Fsp3) is 0.889. The molecule has 6 nitrogen and oxygen atoms in total. The van der Waals surface area contributed by atoms with E-state index in [2.05, 4.69) is 0 Å². The van der Waals surface area contributed by atoms with E-state index in [0.717, 1.165) is 0 Å². The summed E-state index contributed by atoms with van der Waals surface area (Å²) in [5, 5.41) is 8.88. The lowest BCUT2D eigenvalue weighted by molar-refractivity contribution is -0.124. The molecule has 0 aromatic rings. The summed E-state index contributed by atoms with van der Waals surface area (Å²) in [5.74, 6) is -0.405. The number of rotatable bonds is 10. The Morgan fingerprint density at radius 1 is 1.47 bits per heavy atom. The van der Waals surface area contributed by atoms with Crippen molar-refractivity contribution < 1.29 is 24.1 Å². The molecular weight excluding hydrogens is 202 g/mol. The smallest absolute Gasteiger partial charge is 0.217 e. The van der Waals surface area contributed by atoms with Gasteiger partial charge in [0.25, 0.3) is 0 Å². The van der Waals surface area contributed by atoms with Crippen molar-refractivity contribution in [1.29, 1.82) is 0 Å². The zero-order chi connectivity index (χ0) is 11.5. The van der Waals surface area contributed by atoms with Gasteiger partial charge in [-0.25, -0.2) is 0 Å². The van der Waals surface area contributed by atoms with Crippen LogP contribution in [-0.4, -0.2) is 50.8 Å². The molecule has 0 fully saturated rings. The molecule has 0 spiro atoms. The number of nitrogens with two attached hydrogens (primary N) is 1. The summed E-state index contributed by atoms with van der Waals surface area (Å²) in [5.41, 5.74) is 4.97. The highest BCUT2D eigenvalue weighted by molar-refractivity contribution is 5.73. The minimum Gasteiger partial charge on any atom is -0.394 e. The molecule has 3 N–H and O–H groups in total. The lowest BCUT2D eigenvalue weighted by Gasteiger charge is -2.14. The molecular formula is C9H19NO5. The molecule has 0 bridgehead atoms. The first-order valence-electron chi connectivity index (χ1n) is 4.78. The third kappa shape index (κ3) is 9.61. The zero-order valence-corrected chi connectivity index (χ0v) is 8.98. The van der Waals surface area contributed by atoms with Gasteiger partial charge in [0.05, 0.1) is 25.9 Å². The van der Waals surface area contributed by atoms with Crippen molar-refractivity contribution in [3.8, 4) is 0 Å². The molecule has 15 heavy (non-hydrogen) atoms. The number of carbonyl (C=O) groups excluding carboxylic acids is 1. The molecule has 0 aromatic heterocycles. The van der Waals surface area contributed by atoms with Gasteiger partial charge in [-0.05, 0) is 6.42 Å². The van der Waals surface area contributed by atoms with Gasteiger partial charge in [-0.3, -0.25) is 4.79 Å². The van der Waals surface area contributed by atoms with Crippen LogP contribution in [0.4, 0.5) is 0 Å². The number of primary amides is 1. The van der Waals surface area contributed by atoms with E-state index in [4.69, 9.17) is 25.1 Å². The van der Waals surface area contributed by atoms with Crippen LogP contribution in [-0.2, 0) is 19.0 Å². The molecule has 1 atom stereocenters. The lowest BCUT2D eigenvalue weighted by Crippen LogP contribution is -2.23. The molecule has 0 saturated heterocycles. The Morgan fingerprint density at radius 2 is 2.20 bits per heavy atom. The number of ether oxygens (including phenoxy) is 3. The van der Waals surface area contributed by atoms with E-state index in [1.54, 1.807) is 7.11 Å². The number of amides is 1. The van der Waals surface area contributed by atoms with Crippen LogP contribution in [0.25, 0.3) is 0 Å².